The van der Waals surface area contributed by atoms with Crippen molar-refractivity contribution in [2.75, 3.05) is 6.61 Å². The van der Waals surface area contributed by atoms with Crippen molar-refractivity contribution >= 4 is 0 Å². The van der Waals surface area contributed by atoms with Crippen LogP contribution in [0.3, 0.4) is 0 Å². The summed E-state index contributed by atoms with van der Waals surface area (Å²) in [5.41, 5.74) is 8.72. The van der Waals surface area contributed by atoms with Gasteiger partial charge in [-0.25, -0.2) is 9.97 Å². The molecule has 1 heterocycles. The van der Waals surface area contributed by atoms with Crippen molar-refractivity contribution in [3.8, 4) is 11.3 Å². The minimum atomic E-state index is -0.528. The minimum absolute atomic E-state index is 0.155. The van der Waals surface area contributed by atoms with Gasteiger partial charge in [0.15, 0.2) is 0 Å². The fraction of sp³-hybridized carbons (Fsp3) is 0.231. The molecule has 0 aliphatic rings. The zero-order valence-corrected chi connectivity index (χ0v) is 9.67. The summed E-state index contributed by atoms with van der Waals surface area (Å²) in [6, 6.07) is 9.37. The number of hydrogen-bond acceptors (Lipinski definition) is 4. The Morgan fingerprint density at radius 1 is 1.35 bits per heavy atom. The highest BCUT2D eigenvalue weighted by Crippen LogP contribution is 2.18. The molecule has 3 N–H and O–H groups in total. The van der Waals surface area contributed by atoms with Crippen LogP contribution in [0.1, 0.15) is 17.4 Å². The van der Waals surface area contributed by atoms with E-state index in [2.05, 4.69) is 16.0 Å². The van der Waals surface area contributed by atoms with Crippen LogP contribution in [-0.4, -0.2) is 21.7 Å². The topological polar surface area (TPSA) is 72.0 Å². The van der Waals surface area contributed by atoms with Gasteiger partial charge in [0, 0.05) is 11.8 Å². The van der Waals surface area contributed by atoms with Crippen molar-refractivity contribution in [3.05, 3.63) is 47.9 Å². The Hall–Kier alpha value is -1.78. The smallest absolute Gasteiger partial charge is 0.147 e. The highest BCUT2D eigenvalue weighted by atomic mass is 16.3. The van der Waals surface area contributed by atoms with Crippen molar-refractivity contribution < 1.29 is 5.11 Å². The van der Waals surface area contributed by atoms with Gasteiger partial charge in [0.25, 0.3) is 0 Å². The van der Waals surface area contributed by atoms with Gasteiger partial charge in [-0.3, -0.25) is 0 Å². The molecular weight excluding hydrogens is 214 g/mol. The Morgan fingerprint density at radius 3 is 2.88 bits per heavy atom. The molecule has 0 aliphatic heterocycles. The number of nitrogens with zero attached hydrogens (tertiary/aromatic N) is 2. The van der Waals surface area contributed by atoms with Crippen LogP contribution in [0.2, 0.25) is 0 Å². The summed E-state index contributed by atoms with van der Waals surface area (Å²) >= 11 is 0. The first kappa shape index (κ1) is 11.7. The average molecular weight is 229 g/mol. The Labute approximate surface area is 100 Å². The van der Waals surface area contributed by atoms with Gasteiger partial charge in [-0.2, -0.15) is 0 Å². The Kier molecular flexibility index (Phi) is 3.46. The number of hydrogen-bond donors (Lipinski definition) is 2. The highest BCUT2D eigenvalue weighted by Gasteiger charge is 2.09. The van der Waals surface area contributed by atoms with Crippen LogP contribution in [0.5, 0.6) is 0 Å². The van der Waals surface area contributed by atoms with Crippen molar-refractivity contribution in [3.63, 3.8) is 0 Å². The SMILES string of the molecule is Cc1cccc(-c2ccnc(C(N)CO)n2)c1. The maximum Gasteiger partial charge on any atom is 0.147 e. The first-order valence-corrected chi connectivity index (χ1v) is 5.47. The van der Waals surface area contributed by atoms with E-state index in [1.807, 2.05) is 31.2 Å². The van der Waals surface area contributed by atoms with E-state index >= 15 is 0 Å². The van der Waals surface area contributed by atoms with E-state index in [0.29, 0.717) is 5.82 Å². The predicted octanol–water partition coefficient (Wildman–Crippen LogP) is 1.44. The zero-order valence-electron chi connectivity index (χ0n) is 9.67. The van der Waals surface area contributed by atoms with Gasteiger partial charge in [0.1, 0.15) is 5.82 Å². The van der Waals surface area contributed by atoms with E-state index in [0.717, 1.165) is 11.3 Å². The predicted molar refractivity (Wildman–Crippen MR) is 66.2 cm³/mol. The molecule has 0 saturated heterocycles. The van der Waals surface area contributed by atoms with E-state index in [1.165, 1.54) is 5.56 Å². The van der Waals surface area contributed by atoms with E-state index in [1.54, 1.807) is 6.20 Å². The van der Waals surface area contributed by atoms with Gasteiger partial charge in [-0.1, -0.05) is 23.8 Å². The van der Waals surface area contributed by atoms with Crippen molar-refractivity contribution in [2.45, 2.75) is 13.0 Å². The van der Waals surface area contributed by atoms with Crippen LogP contribution >= 0.6 is 0 Å². The molecule has 0 bridgehead atoms. The van der Waals surface area contributed by atoms with E-state index in [-0.39, 0.29) is 6.61 Å². The lowest BCUT2D eigenvalue weighted by molar-refractivity contribution is 0.263. The largest absolute Gasteiger partial charge is 0.394 e. The lowest BCUT2D eigenvalue weighted by atomic mass is 10.1. The van der Waals surface area contributed by atoms with Gasteiger partial charge in [0.05, 0.1) is 18.3 Å². The molecule has 0 fully saturated rings. The molecule has 1 atom stereocenters. The summed E-state index contributed by atoms with van der Waals surface area (Å²) in [6.07, 6.45) is 1.66. The van der Waals surface area contributed by atoms with Crippen LogP contribution in [0.4, 0.5) is 0 Å². The second kappa shape index (κ2) is 5.03. The number of aliphatic hydroxyl groups excluding tert-OH is 1. The van der Waals surface area contributed by atoms with Gasteiger partial charge >= 0.3 is 0 Å². The second-order valence-electron chi connectivity index (χ2n) is 3.96. The van der Waals surface area contributed by atoms with E-state index < -0.39 is 6.04 Å². The standard InChI is InChI=1S/C13H15N3O/c1-9-3-2-4-10(7-9)12-5-6-15-13(16-12)11(14)8-17/h2-7,11,17H,8,14H2,1H3. The Morgan fingerprint density at radius 2 is 2.18 bits per heavy atom. The number of rotatable bonds is 3. The second-order valence-corrected chi connectivity index (χ2v) is 3.96. The fourth-order valence-electron chi connectivity index (χ4n) is 1.60. The van der Waals surface area contributed by atoms with Crippen LogP contribution in [0.25, 0.3) is 11.3 Å². The van der Waals surface area contributed by atoms with Gasteiger partial charge in [0.2, 0.25) is 0 Å². The molecule has 2 aromatic rings. The lowest BCUT2D eigenvalue weighted by Crippen LogP contribution is -2.17. The first-order chi connectivity index (χ1) is 8.20. The minimum Gasteiger partial charge on any atom is -0.394 e. The molecule has 1 aromatic heterocycles. The zero-order chi connectivity index (χ0) is 12.3. The van der Waals surface area contributed by atoms with Crippen LogP contribution in [-0.2, 0) is 0 Å². The van der Waals surface area contributed by atoms with Crippen molar-refractivity contribution in [1.82, 2.24) is 9.97 Å². The molecule has 0 saturated carbocycles. The van der Waals surface area contributed by atoms with E-state index in [9.17, 15) is 0 Å². The molecule has 88 valence electrons. The third-order valence-electron chi connectivity index (χ3n) is 2.52. The summed E-state index contributed by atoms with van der Waals surface area (Å²) < 4.78 is 0. The monoisotopic (exact) mass is 229 g/mol. The van der Waals surface area contributed by atoms with Crippen LogP contribution < -0.4 is 5.73 Å². The molecule has 1 unspecified atom stereocenters. The maximum atomic E-state index is 8.99. The highest BCUT2D eigenvalue weighted by molar-refractivity contribution is 5.59. The number of nitrogens with two attached hydrogens (primary N) is 1. The van der Waals surface area contributed by atoms with Crippen molar-refractivity contribution in [1.29, 1.82) is 0 Å². The molecule has 0 radical (unpaired) electrons. The normalized spacial score (nSPS) is 12.4. The first-order valence-electron chi connectivity index (χ1n) is 5.47. The molecule has 4 nitrogen and oxygen atoms in total. The number of aromatic nitrogens is 2. The number of aryl methyl sites for hydroxylation is 1. The van der Waals surface area contributed by atoms with Gasteiger partial charge in [-0.15, -0.1) is 0 Å². The Bertz CT molecular complexity index is 514. The molecule has 0 aliphatic carbocycles. The summed E-state index contributed by atoms with van der Waals surface area (Å²) in [4.78, 5) is 8.42. The third kappa shape index (κ3) is 2.67. The summed E-state index contributed by atoms with van der Waals surface area (Å²) in [5, 5.41) is 8.99. The fourth-order valence-corrected chi connectivity index (χ4v) is 1.60. The molecule has 17 heavy (non-hydrogen) atoms. The molecule has 0 spiro atoms. The van der Waals surface area contributed by atoms with Gasteiger partial charge < -0.3 is 10.8 Å². The summed E-state index contributed by atoms with van der Waals surface area (Å²) in [7, 11) is 0. The molecule has 0 amide bonds. The lowest BCUT2D eigenvalue weighted by Gasteiger charge is -2.08. The quantitative estimate of drug-likeness (QED) is 0.835. The number of benzene rings is 1. The average Bonchev–Trinajstić information content (AvgIpc) is 2.38. The third-order valence-corrected chi connectivity index (χ3v) is 2.52. The van der Waals surface area contributed by atoms with Crippen LogP contribution in [0.15, 0.2) is 36.5 Å². The number of aliphatic hydroxyl groups is 1. The molecular formula is C13H15N3O. The maximum absolute atomic E-state index is 8.99. The summed E-state index contributed by atoms with van der Waals surface area (Å²) in [5.74, 6) is 0.464. The molecule has 4 heteroatoms. The molecule has 2 rings (SSSR count). The van der Waals surface area contributed by atoms with Crippen LogP contribution in [0, 0.1) is 6.92 Å². The summed E-state index contributed by atoms with van der Waals surface area (Å²) in [6.45, 7) is 1.88. The molecule has 1 aromatic carbocycles. The van der Waals surface area contributed by atoms with E-state index in [4.69, 9.17) is 10.8 Å². The Balaban J connectivity index is 2.39. The van der Waals surface area contributed by atoms with Crippen molar-refractivity contribution in [2.24, 2.45) is 5.73 Å². The van der Waals surface area contributed by atoms with Gasteiger partial charge in [-0.05, 0) is 19.1 Å².